The molecule has 3 nitrogen and oxygen atoms in total. The molecule has 1 rings (SSSR count). The van der Waals surface area contributed by atoms with E-state index in [4.69, 9.17) is 0 Å². The molecular weight excluding hydrogens is 300 g/mol. The second kappa shape index (κ2) is 5.35. The fraction of sp³-hybridized carbons (Fsp3) is 0.444. The lowest BCUT2D eigenvalue weighted by Crippen LogP contribution is -2.30. The van der Waals surface area contributed by atoms with E-state index in [-0.39, 0.29) is 0 Å². The zero-order valence-corrected chi connectivity index (χ0v) is 10.1. The van der Waals surface area contributed by atoms with E-state index in [9.17, 15) is 34.8 Å². The summed E-state index contributed by atoms with van der Waals surface area (Å²) in [5.74, 6) is -9.08. The second-order valence-corrected chi connectivity index (χ2v) is 5.58. The number of hydrogen-bond donors (Lipinski definition) is 0. The summed E-state index contributed by atoms with van der Waals surface area (Å²) in [6.07, 6.45) is -4.15. The zero-order valence-electron chi connectivity index (χ0n) is 9.30. The molecule has 0 aliphatic rings. The van der Waals surface area contributed by atoms with Crippen molar-refractivity contribution < 1.29 is 34.8 Å². The van der Waals surface area contributed by atoms with Crippen LogP contribution in [0, 0.1) is 23.5 Å². The maximum atomic E-state index is 13.2. The van der Waals surface area contributed by atoms with Crippen molar-refractivity contribution in [2.75, 3.05) is 0 Å². The van der Waals surface area contributed by atoms with E-state index in [1.165, 1.54) is 0 Å². The highest BCUT2D eigenvalue weighted by Gasteiger charge is 2.40. The van der Waals surface area contributed by atoms with Crippen molar-refractivity contribution in [3.8, 4) is 0 Å². The van der Waals surface area contributed by atoms with Gasteiger partial charge in [-0.2, -0.15) is 13.8 Å². The Labute approximate surface area is 104 Å². The summed E-state index contributed by atoms with van der Waals surface area (Å²) in [6.45, 7) is 1.03. The average molecular weight is 307 g/mol. The van der Waals surface area contributed by atoms with Crippen molar-refractivity contribution in [1.29, 1.82) is 0 Å². The van der Waals surface area contributed by atoms with Gasteiger partial charge in [-0.1, -0.05) is 6.92 Å². The smallest absolute Gasteiger partial charge is 0.223 e. The van der Waals surface area contributed by atoms with Crippen molar-refractivity contribution >= 4 is 9.84 Å². The van der Waals surface area contributed by atoms with Crippen LogP contribution in [0.1, 0.15) is 13.3 Å². The lowest BCUT2D eigenvalue weighted by Gasteiger charge is -2.15. The molecule has 0 aromatic carbocycles. The van der Waals surface area contributed by atoms with Gasteiger partial charge in [0.05, 0.1) is 0 Å². The largest absolute Gasteiger partial charge is 0.255 e. The van der Waals surface area contributed by atoms with Gasteiger partial charge in [-0.25, -0.2) is 26.0 Å². The first kappa shape index (κ1) is 15.7. The number of pyridine rings is 1. The minimum Gasteiger partial charge on any atom is -0.223 e. The molecule has 1 unspecified atom stereocenters. The van der Waals surface area contributed by atoms with Gasteiger partial charge in [-0.15, -0.1) is 0 Å². The molecule has 0 aliphatic heterocycles. The SMILES string of the molecule is CCC(C(F)F)S(=O)(=O)c1c(F)c(F)nc(F)c1F. The lowest BCUT2D eigenvalue weighted by molar-refractivity contribution is 0.139. The molecule has 0 saturated carbocycles. The van der Waals surface area contributed by atoms with Crippen molar-refractivity contribution in [2.45, 2.75) is 29.9 Å². The van der Waals surface area contributed by atoms with Gasteiger partial charge in [0, 0.05) is 0 Å². The quantitative estimate of drug-likeness (QED) is 0.634. The maximum Gasteiger partial charge on any atom is 0.255 e. The zero-order chi connectivity index (χ0) is 15.0. The molecule has 108 valence electrons. The molecule has 10 heteroatoms. The van der Waals surface area contributed by atoms with Crippen molar-refractivity contribution in [3.63, 3.8) is 0 Å². The summed E-state index contributed by atoms with van der Waals surface area (Å²) < 4.78 is 100. The topological polar surface area (TPSA) is 47.0 Å². The summed E-state index contributed by atoms with van der Waals surface area (Å²) in [7, 11) is -5.28. The van der Waals surface area contributed by atoms with Gasteiger partial charge in [-0.3, -0.25) is 0 Å². The molecule has 0 amide bonds. The van der Waals surface area contributed by atoms with E-state index in [2.05, 4.69) is 4.98 Å². The molecule has 1 atom stereocenters. The molecule has 0 fully saturated rings. The van der Waals surface area contributed by atoms with Crippen LogP contribution < -0.4 is 0 Å². The Morgan fingerprint density at radius 3 is 1.79 bits per heavy atom. The molecule has 0 radical (unpaired) electrons. The summed E-state index contributed by atoms with van der Waals surface area (Å²) in [6, 6.07) is 0. The first-order valence-electron chi connectivity index (χ1n) is 4.86. The third-order valence-electron chi connectivity index (χ3n) is 2.32. The molecule has 1 heterocycles. The number of halogens is 6. The Morgan fingerprint density at radius 1 is 1.05 bits per heavy atom. The number of nitrogens with zero attached hydrogens (tertiary/aromatic N) is 1. The van der Waals surface area contributed by atoms with E-state index in [0.29, 0.717) is 0 Å². The van der Waals surface area contributed by atoms with Crippen LogP contribution >= 0.6 is 0 Å². The van der Waals surface area contributed by atoms with E-state index in [0.717, 1.165) is 6.92 Å². The summed E-state index contributed by atoms with van der Waals surface area (Å²) >= 11 is 0. The molecule has 0 N–H and O–H groups in total. The van der Waals surface area contributed by atoms with E-state index in [1.807, 2.05) is 0 Å². The Bertz CT molecular complexity index is 563. The number of sulfone groups is 1. The van der Waals surface area contributed by atoms with Crippen LogP contribution in [0.5, 0.6) is 0 Å². The summed E-state index contributed by atoms with van der Waals surface area (Å²) in [5, 5.41) is -2.47. The molecule has 0 aliphatic carbocycles. The van der Waals surface area contributed by atoms with Gasteiger partial charge >= 0.3 is 0 Å². The highest BCUT2D eigenvalue weighted by molar-refractivity contribution is 7.92. The monoisotopic (exact) mass is 307 g/mol. The van der Waals surface area contributed by atoms with E-state index >= 15 is 0 Å². The van der Waals surface area contributed by atoms with E-state index in [1.54, 1.807) is 0 Å². The Hall–Kier alpha value is -1.32. The number of hydrogen-bond acceptors (Lipinski definition) is 3. The third-order valence-corrected chi connectivity index (χ3v) is 4.59. The van der Waals surface area contributed by atoms with Gasteiger partial charge in [0.2, 0.25) is 0 Å². The van der Waals surface area contributed by atoms with Gasteiger partial charge < -0.3 is 0 Å². The number of alkyl halides is 2. The van der Waals surface area contributed by atoms with Crippen LogP contribution in [-0.2, 0) is 9.84 Å². The third kappa shape index (κ3) is 2.67. The minimum atomic E-state index is -5.28. The molecule has 1 aromatic rings. The lowest BCUT2D eigenvalue weighted by atomic mass is 10.3. The second-order valence-electron chi connectivity index (χ2n) is 3.48. The fourth-order valence-corrected chi connectivity index (χ4v) is 3.08. The molecule has 1 aromatic heterocycles. The molecule has 0 spiro atoms. The standard InChI is InChI=1S/C9H7F6NO2S/c1-2-3(7(12)13)19(17,18)6-4(10)8(14)16-9(15)5(6)11/h3,7H,2H2,1H3. The van der Waals surface area contributed by atoms with Crippen LogP contribution in [0.15, 0.2) is 4.90 Å². The first-order chi connectivity index (χ1) is 8.64. The number of aromatic nitrogens is 1. The van der Waals surface area contributed by atoms with Crippen LogP contribution in [0.25, 0.3) is 0 Å². The number of rotatable bonds is 4. The molecular formula is C9H7F6NO2S. The van der Waals surface area contributed by atoms with Crippen molar-refractivity contribution in [3.05, 3.63) is 23.5 Å². The molecule has 0 saturated heterocycles. The van der Waals surface area contributed by atoms with Crippen LogP contribution in [0.3, 0.4) is 0 Å². The normalized spacial score (nSPS) is 13.9. The Morgan fingerprint density at radius 2 is 1.47 bits per heavy atom. The Balaban J connectivity index is 3.62. The van der Waals surface area contributed by atoms with Crippen LogP contribution in [0.2, 0.25) is 0 Å². The Kier molecular flexibility index (Phi) is 4.43. The van der Waals surface area contributed by atoms with Crippen LogP contribution in [0.4, 0.5) is 26.3 Å². The van der Waals surface area contributed by atoms with Gasteiger partial charge in [0.1, 0.15) is 10.1 Å². The van der Waals surface area contributed by atoms with Gasteiger partial charge in [0.15, 0.2) is 21.5 Å². The molecule has 19 heavy (non-hydrogen) atoms. The van der Waals surface area contributed by atoms with Crippen LogP contribution in [-0.4, -0.2) is 25.1 Å². The van der Waals surface area contributed by atoms with Gasteiger partial charge in [0.25, 0.3) is 18.3 Å². The van der Waals surface area contributed by atoms with Gasteiger partial charge in [-0.05, 0) is 6.42 Å². The predicted octanol–water partition coefficient (Wildman–Crippen LogP) is 2.46. The fourth-order valence-electron chi connectivity index (χ4n) is 1.40. The van der Waals surface area contributed by atoms with Crippen molar-refractivity contribution in [1.82, 2.24) is 4.98 Å². The first-order valence-corrected chi connectivity index (χ1v) is 6.41. The molecule has 0 bridgehead atoms. The summed E-state index contributed by atoms with van der Waals surface area (Å²) in [5.41, 5.74) is 0. The predicted molar refractivity (Wildman–Crippen MR) is 51.3 cm³/mol. The van der Waals surface area contributed by atoms with E-state index < -0.39 is 56.4 Å². The maximum absolute atomic E-state index is 13.2. The highest BCUT2D eigenvalue weighted by Crippen LogP contribution is 2.29. The summed E-state index contributed by atoms with van der Waals surface area (Å²) in [4.78, 5) is 0.0765. The minimum absolute atomic E-state index is 0.690. The average Bonchev–Trinajstić information content (AvgIpc) is 2.26. The highest BCUT2D eigenvalue weighted by atomic mass is 32.2. The van der Waals surface area contributed by atoms with Crippen molar-refractivity contribution in [2.24, 2.45) is 0 Å².